The van der Waals surface area contributed by atoms with Crippen LogP contribution in [0.15, 0.2) is 48.5 Å². The van der Waals surface area contributed by atoms with Gasteiger partial charge in [-0.05, 0) is 115 Å². The number of carbonyl (C=O) groups excluding carboxylic acids is 4. The Bertz CT molecular complexity index is 1590. The van der Waals surface area contributed by atoms with Gasteiger partial charge < -0.3 is 39.5 Å². The third kappa shape index (κ3) is 14.0. The van der Waals surface area contributed by atoms with Crippen LogP contribution in [0.25, 0.3) is 0 Å². The van der Waals surface area contributed by atoms with Crippen molar-refractivity contribution in [1.29, 1.82) is 0 Å². The number of likely N-dealkylation sites (N-methyl/N-ethyl adjacent to an activating group) is 2. The van der Waals surface area contributed by atoms with Gasteiger partial charge in [0.05, 0.1) is 12.1 Å². The molecule has 2 N–H and O–H groups in total. The summed E-state index contributed by atoms with van der Waals surface area (Å²) in [7, 11) is 7.94. The lowest BCUT2D eigenvalue weighted by Gasteiger charge is -2.38. The minimum absolute atomic E-state index is 0.126. The number of likely N-dealkylation sites (tertiary alicyclic amines) is 2. The Hall–Kier alpha value is -4.37. The number of nitrogens with zero attached hydrogens (tertiary/aromatic N) is 4. The van der Waals surface area contributed by atoms with Gasteiger partial charge in [-0.15, -0.1) is 0 Å². The fourth-order valence-electron chi connectivity index (χ4n) is 6.27. The zero-order chi connectivity index (χ0) is 41.0. The van der Waals surface area contributed by atoms with Gasteiger partial charge >= 0.3 is 29.9 Å². The minimum Gasteiger partial charge on any atom is -0.492 e. The topological polar surface area (TPSA) is 135 Å². The molecule has 1 unspecified atom stereocenters. The van der Waals surface area contributed by atoms with Crippen molar-refractivity contribution in [3.8, 4) is 11.5 Å². The number of esters is 1. The first-order valence-corrected chi connectivity index (χ1v) is 18.7. The lowest BCUT2D eigenvalue weighted by Crippen LogP contribution is -2.46. The standard InChI is InChI=1S/C21H29F3N2O4.C19H29N3O3/c1-14-8-9-18(26(11-14)19(27)20(28)30-13-21(22,23)24)16-6-5-7-17(10-16)29-12-15(2)25(3)4;1-13-8-9-17(22(11-13)19(24)18(20)23)15-6-5-7-16(10-15)25-12-14(2)21(3)4/h5-7,10,14-15,18H,8-9,11-13H2,1-4H3;5-7,10,13-14,17H,8-9,11-12H2,1-4H3,(H2,20,23)/t14-,15+,18+;13-,14?,17+/m00/s1. The fourth-order valence-corrected chi connectivity index (χ4v) is 6.27. The van der Waals surface area contributed by atoms with E-state index >= 15 is 0 Å². The maximum Gasteiger partial charge on any atom is 0.422 e. The number of piperidine rings is 2. The van der Waals surface area contributed by atoms with Gasteiger partial charge in [-0.25, -0.2) is 4.79 Å². The molecule has 6 atom stereocenters. The molecule has 0 bridgehead atoms. The van der Waals surface area contributed by atoms with E-state index in [2.05, 4.69) is 23.5 Å². The third-order valence-electron chi connectivity index (χ3n) is 10.1. The molecule has 2 aromatic carbocycles. The summed E-state index contributed by atoms with van der Waals surface area (Å²) >= 11 is 0. The molecule has 2 fully saturated rings. The van der Waals surface area contributed by atoms with E-state index in [0.29, 0.717) is 43.9 Å². The number of halogens is 3. The van der Waals surface area contributed by atoms with Crippen molar-refractivity contribution in [3.63, 3.8) is 0 Å². The normalized spacial score (nSPS) is 21.3. The van der Waals surface area contributed by atoms with Crippen molar-refractivity contribution in [2.24, 2.45) is 17.6 Å². The van der Waals surface area contributed by atoms with Crippen molar-refractivity contribution in [1.82, 2.24) is 19.6 Å². The third-order valence-corrected chi connectivity index (χ3v) is 10.1. The number of alkyl halides is 3. The molecule has 2 aliphatic heterocycles. The van der Waals surface area contributed by atoms with E-state index in [1.54, 1.807) is 17.0 Å². The summed E-state index contributed by atoms with van der Waals surface area (Å²) in [6.07, 6.45) is -1.43. The maximum absolute atomic E-state index is 12.6. The van der Waals surface area contributed by atoms with Crippen LogP contribution in [-0.2, 0) is 23.9 Å². The van der Waals surface area contributed by atoms with Gasteiger partial charge in [0.25, 0.3) is 0 Å². The van der Waals surface area contributed by atoms with Crippen LogP contribution >= 0.6 is 0 Å². The van der Waals surface area contributed by atoms with Crippen molar-refractivity contribution < 1.29 is 46.6 Å². The molecule has 12 nitrogen and oxygen atoms in total. The number of hydrogen-bond donors (Lipinski definition) is 1. The number of benzene rings is 2. The number of primary amides is 1. The molecule has 0 spiro atoms. The number of amides is 3. The van der Waals surface area contributed by atoms with Crippen LogP contribution in [0.1, 0.15) is 76.6 Å². The summed E-state index contributed by atoms with van der Waals surface area (Å²) in [6, 6.07) is 15.0. The highest BCUT2D eigenvalue weighted by atomic mass is 19.4. The molecule has 55 heavy (non-hydrogen) atoms. The zero-order valence-electron chi connectivity index (χ0n) is 33.3. The Balaban J connectivity index is 0.000000300. The highest BCUT2D eigenvalue weighted by Gasteiger charge is 2.38. The van der Waals surface area contributed by atoms with Gasteiger partial charge in [0, 0.05) is 25.2 Å². The van der Waals surface area contributed by atoms with E-state index in [0.717, 1.165) is 36.1 Å². The second-order valence-electron chi connectivity index (χ2n) is 15.3. The van der Waals surface area contributed by atoms with Crippen LogP contribution in [-0.4, -0.2) is 123 Å². The highest BCUT2D eigenvalue weighted by molar-refractivity contribution is 6.34. The first-order chi connectivity index (χ1) is 25.8. The molecule has 0 radical (unpaired) electrons. The Morgan fingerprint density at radius 3 is 1.55 bits per heavy atom. The predicted octanol–water partition coefficient (Wildman–Crippen LogP) is 5.22. The number of carbonyl (C=O) groups is 4. The van der Waals surface area contributed by atoms with E-state index in [1.165, 1.54) is 4.90 Å². The Morgan fingerprint density at radius 2 is 1.16 bits per heavy atom. The quantitative estimate of drug-likeness (QED) is 0.241. The summed E-state index contributed by atoms with van der Waals surface area (Å²) in [5.74, 6) is -2.15. The Labute approximate surface area is 323 Å². The molecule has 2 aromatic rings. The van der Waals surface area contributed by atoms with Crippen molar-refractivity contribution in [2.75, 3.05) is 61.1 Å². The number of rotatable bonds is 11. The summed E-state index contributed by atoms with van der Waals surface area (Å²) < 4.78 is 52.9. The van der Waals surface area contributed by atoms with Crippen LogP contribution in [0.5, 0.6) is 11.5 Å². The molecule has 0 aromatic heterocycles. The first-order valence-electron chi connectivity index (χ1n) is 18.7. The van der Waals surface area contributed by atoms with Crippen LogP contribution in [0.4, 0.5) is 13.2 Å². The molecule has 0 aliphatic carbocycles. The van der Waals surface area contributed by atoms with Gasteiger partial charge in [-0.3, -0.25) is 14.4 Å². The molecular formula is C40H58F3N5O7. The molecule has 2 saturated heterocycles. The SMILES string of the molecule is CC(COc1cccc([C@H]2CC[C@H](C)CN2C(=O)C(N)=O)c1)N(C)C.C[C@H]1CC[C@H](c2cccc(OC[C@@H](C)N(C)C)c2)N(C(=O)C(=O)OCC(F)(F)F)C1. The minimum atomic E-state index is -4.68. The summed E-state index contributed by atoms with van der Waals surface area (Å²) in [6.45, 7) is 8.24. The van der Waals surface area contributed by atoms with E-state index in [4.69, 9.17) is 15.2 Å². The van der Waals surface area contributed by atoms with Crippen molar-refractivity contribution in [2.45, 2.75) is 83.7 Å². The number of hydrogen-bond acceptors (Lipinski definition) is 9. The lowest BCUT2D eigenvalue weighted by atomic mass is 9.89. The lowest BCUT2D eigenvalue weighted by molar-refractivity contribution is -0.190. The van der Waals surface area contributed by atoms with Gasteiger partial charge in [-0.2, -0.15) is 13.2 Å². The molecule has 4 rings (SSSR count). The van der Waals surface area contributed by atoms with Gasteiger partial charge in [-0.1, -0.05) is 38.1 Å². The smallest absolute Gasteiger partial charge is 0.422 e. The average molecular weight is 778 g/mol. The molecule has 2 heterocycles. The van der Waals surface area contributed by atoms with E-state index < -0.39 is 42.5 Å². The van der Waals surface area contributed by atoms with Gasteiger partial charge in [0.2, 0.25) is 0 Å². The summed E-state index contributed by atoms with van der Waals surface area (Å²) in [4.78, 5) is 55.2. The van der Waals surface area contributed by atoms with Crippen LogP contribution in [0.3, 0.4) is 0 Å². The highest BCUT2D eigenvalue weighted by Crippen LogP contribution is 2.36. The largest absolute Gasteiger partial charge is 0.492 e. The number of ether oxygens (including phenoxy) is 3. The zero-order valence-corrected chi connectivity index (χ0v) is 33.3. The molecule has 15 heteroatoms. The monoisotopic (exact) mass is 777 g/mol. The van der Waals surface area contributed by atoms with E-state index in [-0.39, 0.29) is 24.5 Å². The van der Waals surface area contributed by atoms with Gasteiger partial charge in [0.1, 0.15) is 24.7 Å². The molecule has 3 amide bonds. The first kappa shape index (κ1) is 45.0. The molecular weight excluding hydrogens is 719 g/mol. The summed E-state index contributed by atoms with van der Waals surface area (Å²) in [5, 5.41) is 0. The van der Waals surface area contributed by atoms with Crippen LogP contribution < -0.4 is 15.2 Å². The van der Waals surface area contributed by atoms with Crippen molar-refractivity contribution in [3.05, 3.63) is 59.7 Å². The summed E-state index contributed by atoms with van der Waals surface area (Å²) in [5.41, 5.74) is 6.99. The van der Waals surface area contributed by atoms with E-state index in [1.807, 2.05) is 83.3 Å². The maximum atomic E-state index is 12.6. The Kier molecular flexibility index (Phi) is 16.8. The number of nitrogens with two attached hydrogens (primary N) is 1. The van der Waals surface area contributed by atoms with Gasteiger partial charge in [0.15, 0.2) is 6.61 Å². The second-order valence-corrected chi connectivity index (χ2v) is 15.3. The van der Waals surface area contributed by atoms with Crippen LogP contribution in [0.2, 0.25) is 0 Å². The fraction of sp³-hybridized carbons (Fsp3) is 0.600. The molecule has 2 aliphatic rings. The van der Waals surface area contributed by atoms with Crippen molar-refractivity contribution >= 4 is 23.7 Å². The molecule has 306 valence electrons. The predicted molar refractivity (Wildman–Crippen MR) is 202 cm³/mol. The van der Waals surface area contributed by atoms with E-state index in [9.17, 15) is 32.3 Å². The average Bonchev–Trinajstić information content (AvgIpc) is 3.14. The molecule has 0 saturated carbocycles. The Morgan fingerprint density at radius 1 is 0.745 bits per heavy atom. The van der Waals surface area contributed by atoms with Crippen LogP contribution in [0, 0.1) is 11.8 Å². The second kappa shape index (κ2) is 20.5.